The van der Waals surface area contributed by atoms with Crippen molar-refractivity contribution < 1.29 is 28.5 Å². The van der Waals surface area contributed by atoms with Crippen LogP contribution in [-0.4, -0.2) is 71.4 Å². The largest absolute Gasteiger partial charge is 0.565 e. The second kappa shape index (κ2) is 20.0. The molecule has 2 aromatic heterocycles. The summed E-state index contributed by atoms with van der Waals surface area (Å²) in [6, 6.07) is 3.09. The molecule has 2 rings (SSSR count). The van der Waals surface area contributed by atoms with Gasteiger partial charge in [-0.3, -0.25) is 10.1 Å². The Morgan fingerprint density at radius 2 is 1.57 bits per heavy atom. The van der Waals surface area contributed by atoms with Gasteiger partial charge in [0.1, 0.15) is 5.69 Å². The van der Waals surface area contributed by atoms with Crippen LogP contribution in [0.4, 0.5) is 16.2 Å². The van der Waals surface area contributed by atoms with Crippen molar-refractivity contribution in [3.8, 4) is 0 Å². The molecular formula is C24H57N6O5+. The summed E-state index contributed by atoms with van der Waals surface area (Å²) < 4.78 is 7.56. The number of anilines is 2. The predicted molar refractivity (Wildman–Crippen MR) is 155 cm³/mol. The fourth-order valence-corrected chi connectivity index (χ4v) is 2.53. The summed E-state index contributed by atoms with van der Waals surface area (Å²) in [6.45, 7) is 1.65. The Hall–Kier alpha value is -3.47. The van der Waals surface area contributed by atoms with Crippen LogP contribution in [0.2, 0.25) is 0 Å². The van der Waals surface area contributed by atoms with E-state index in [1.807, 2.05) is 21.1 Å². The van der Waals surface area contributed by atoms with Crippen LogP contribution < -0.4 is 16.4 Å². The Morgan fingerprint density at radius 3 is 1.97 bits per heavy atom. The number of rotatable bonds is 7. The molecule has 0 aromatic carbocycles. The fraction of sp³-hybridized carbons (Fsp3) is 0.542. The molecule has 0 unspecified atom stereocenters. The van der Waals surface area contributed by atoms with Gasteiger partial charge in [-0.05, 0) is 33.1 Å². The van der Waals surface area contributed by atoms with E-state index in [2.05, 4.69) is 20.3 Å². The third kappa shape index (κ3) is 14.4. The van der Waals surface area contributed by atoms with Gasteiger partial charge < -0.3 is 34.9 Å². The number of aromatic nitrogens is 2. The van der Waals surface area contributed by atoms with E-state index >= 15 is 0 Å². The van der Waals surface area contributed by atoms with Crippen molar-refractivity contribution in [2.45, 2.75) is 43.6 Å². The lowest BCUT2D eigenvalue weighted by atomic mass is 10.3. The number of nitrogens with zero attached hydrogens (tertiary/aromatic N) is 3. The zero-order valence-electron chi connectivity index (χ0n) is 18.0. The average molecular weight is 510 g/mol. The van der Waals surface area contributed by atoms with Crippen molar-refractivity contribution in [3.05, 3.63) is 35.9 Å². The van der Waals surface area contributed by atoms with Gasteiger partial charge in [0.05, 0.1) is 18.5 Å². The molecule has 0 saturated carbocycles. The summed E-state index contributed by atoms with van der Waals surface area (Å²) in [6.07, 6.45) is 3.59. The first-order chi connectivity index (χ1) is 14.0. The van der Waals surface area contributed by atoms with E-state index in [-0.39, 0.29) is 53.0 Å². The van der Waals surface area contributed by atoms with Gasteiger partial charge >= 0.3 is 12.1 Å². The van der Waals surface area contributed by atoms with Crippen LogP contribution in [0.25, 0.3) is 0 Å². The minimum absolute atomic E-state index is 0. The van der Waals surface area contributed by atoms with Crippen molar-refractivity contribution in [1.82, 2.24) is 19.4 Å². The van der Waals surface area contributed by atoms with Crippen molar-refractivity contribution in [1.29, 1.82) is 0 Å². The van der Waals surface area contributed by atoms with E-state index in [1.54, 1.807) is 23.9 Å². The number of hydrogen-bond acceptors (Lipinski definition) is 6. The Labute approximate surface area is 216 Å². The van der Waals surface area contributed by atoms with Crippen molar-refractivity contribution in [2.75, 3.05) is 45.3 Å². The predicted octanol–water partition coefficient (Wildman–Crippen LogP) is 4.28. The van der Waals surface area contributed by atoms with Crippen molar-refractivity contribution in [2.24, 2.45) is 14.1 Å². The molecular weight excluding hydrogens is 452 g/mol. The minimum atomic E-state index is -0.801. The number of ether oxygens (including phenoxy) is 1. The molecule has 0 bridgehead atoms. The molecule has 0 radical (unpaired) electrons. The quantitative estimate of drug-likeness (QED) is 0.375. The van der Waals surface area contributed by atoms with Gasteiger partial charge in [0.25, 0.3) is 5.91 Å². The van der Waals surface area contributed by atoms with Gasteiger partial charge in [-0.1, -0.05) is 37.1 Å². The normalized spacial score (nSPS) is 8.74. The lowest BCUT2D eigenvalue weighted by Crippen LogP contribution is -2.28. The molecule has 35 heavy (non-hydrogen) atoms. The van der Waals surface area contributed by atoms with E-state index in [0.717, 1.165) is 13.0 Å². The first-order valence-corrected chi connectivity index (χ1v) is 9.17. The summed E-state index contributed by atoms with van der Waals surface area (Å²) in [7, 11) is 8.70. The van der Waals surface area contributed by atoms with Gasteiger partial charge in [-0.15, -0.1) is 0 Å². The number of amides is 2. The summed E-state index contributed by atoms with van der Waals surface area (Å²) in [5.41, 5.74) is 7.45. The Kier molecular flexibility index (Phi) is 23.8. The van der Waals surface area contributed by atoms with E-state index in [1.165, 1.54) is 23.9 Å². The molecule has 0 atom stereocenters. The van der Waals surface area contributed by atoms with Crippen molar-refractivity contribution in [3.63, 3.8) is 0 Å². The van der Waals surface area contributed by atoms with E-state index in [0.29, 0.717) is 23.6 Å². The maximum atomic E-state index is 11.7. The van der Waals surface area contributed by atoms with Crippen LogP contribution in [0, 0.1) is 0 Å². The molecule has 11 nitrogen and oxygen atoms in total. The Bertz CT molecular complexity index is 889. The number of aryl methyl sites for hydroxylation is 2. The monoisotopic (exact) mass is 509 g/mol. The number of carbonyl (C=O) groups is 3. The Balaban J connectivity index is -0.0000000655. The summed E-state index contributed by atoms with van der Waals surface area (Å²) in [5.74, 6) is -0.872. The molecule has 0 aliphatic heterocycles. The van der Waals surface area contributed by atoms with Gasteiger partial charge in [0.15, 0.2) is 5.69 Å². The molecule has 6 N–H and O–H groups in total. The number of nitrogens with one attached hydrogen (secondary N) is 2. The first kappa shape index (κ1) is 41.8. The highest BCUT2D eigenvalue weighted by molar-refractivity contribution is 5.93. The van der Waals surface area contributed by atoms with E-state index < -0.39 is 12.1 Å². The van der Waals surface area contributed by atoms with E-state index in [4.69, 9.17) is 10.8 Å². The molecule has 2 amide bonds. The smallest absolute Gasteiger partial charge is 0.560 e. The summed E-state index contributed by atoms with van der Waals surface area (Å²) in [4.78, 5) is 35.3. The average Bonchev–Trinajstić information content (AvgIpc) is 3.20. The highest BCUT2D eigenvalue weighted by Crippen LogP contribution is 2.12. The number of nitrogen functional groups attached to an aromatic ring is 1. The molecule has 2 heterocycles. The third-order valence-corrected chi connectivity index (χ3v) is 4.00. The van der Waals surface area contributed by atoms with Crippen LogP contribution in [0.5, 0.6) is 0 Å². The molecule has 0 spiro atoms. The third-order valence-electron chi connectivity index (χ3n) is 4.00. The highest BCUT2D eigenvalue weighted by Gasteiger charge is 2.17. The fourth-order valence-electron chi connectivity index (χ4n) is 2.53. The molecule has 0 saturated heterocycles. The SMILES string of the molecule is C.C.C.C.C.CN(C)CCCNC(=O)c1cc(N)cn1C.COC(=O)Nc1cc(C(=O)[OH2+])n(C)c1.[HH].[HH].[HH]. The highest BCUT2D eigenvalue weighted by atomic mass is 16.5. The molecule has 2 aromatic rings. The maximum Gasteiger partial charge on any atom is 0.565 e. The second-order valence-corrected chi connectivity index (χ2v) is 6.85. The van der Waals surface area contributed by atoms with Crippen LogP contribution in [0.3, 0.4) is 0 Å². The lowest BCUT2D eigenvalue weighted by molar-refractivity contribution is 0.0686. The Morgan fingerprint density at radius 1 is 1.03 bits per heavy atom. The lowest BCUT2D eigenvalue weighted by Gasteiger charge is -2.10. The standard InChI is InChI=1S/C11H20N4O.C8H10N2O4.5CH4.3H2/c1-14(2)6-4-5-13-11(16)10-7-9(12)8-15(10)3;1-10-4-5(9-8(13)14-2)3-6(10)7(11)12;;;;;;;;/h7-8H,4-6,12H2,1-3H3,(H,13,16);3-4H,1-2H3,(H,9,13)(H,11,12);5*1H4;3*1H/p+1. The van der Waals surface area contributed by atoms with E-state index in [9.17, 15) is 14.4 Å². The molecule has 0 aliphatic carbocycles. The second-order valence-electron chi connectivity index (χ2n) is 6.85. The van der Waals surface area contributed by atoms with Gasteiger partial charge in [-0.2, -0.15) is 0 Å². The first-order valence-electron chi connectivity index (χ1n) is 9.17. The zero-order valence-corrected chi connectivity index (χ0v) is 18.0. The molecule has 0 aliphatic rings. The number of hydrogen-bond donors (Lipinski definition) is 3. The topological polar surface area (TPSA) is 147 Å². The van der Waals surface area contributed by atoms with Gasteiger partial charge in [-0.25, -0.2) is 4.79 Å². The summed E-state index contributed by atoms with van der Waals surface area (Å²) >= 11 is 0. The van der Waals surface area contributed by atoms with Crippen LogP contribution in [0.1, 0.15) is 68.8 Å². The maximum absolute atomic E-state index is 11.7. The molecule has 11 heteroatoms. The number of nitrogens with two attached hydrogens (primary N) is 1. The van der Waals surface area contributed by atoms with Crippen molar-refractivity contribution >= 4 is 29.3 Å². The zero-order chi connectivity index (χ0) is 22.8. The van der Waals surface area contributed by atoms with Crippen LogP contribution >= 0.6 is 0 Å². The summed E-state index contributed by atoms with van der Waals surface area (Å²) in [5, 5.41) is 12.2. The van der Waals surface area contributed by atoms with Gasteiger partial charge in [0.2, 0.25) is 0 Å². The van der Waals surface area contributed by atoms with Crippen LogP contribution in [-0.2, 0) is 18.8 Å². The number of methoxy groups -OCH3 is 1. The van der Waals surface area contributed by atoms with Crippen LogP contribution in [0.15, 0.2) is 24.5 Å². The van der Waals surface area contributed by atoms with Gasteiger partial charge in [0, 0.05) is 48.2 Å². The minimum Gasteiger partial charge on any atom is -0.560 e. The molecule has 0 fully saturated rings. The number of carbonyl (C=O) groups excluding carboxylic acids is 3. The molecule has 212 valence electrons.